The number of fused-ring (bicyclic) bond motifs is 2. The number of amides is 2. The van der Waals surface area contributed by atoms with Crippen LogP contribution in [-0.4, -0.2) is 52.7 Å². The van der Waals surface area contributed by atoms with Crippen LogP contribution in [0.15, 0.2) is 53.3 Å². The Morgan fingerprint density at radius 1 is 1.16 bits per heavy atom. The highest BCUT2D eigenvalue weighted by Gasteiger charge is 2.39. The molecule has 2 aliphatic heterocycles. The van der Waals surface area contributed by atoms with Crippen LogP contribution < -0.4 is 21.1 Å². The Labute approximate surface area is 224 Å². The third-order valence-corrected chi connectivity index (χ3v) is 7.20. The molecule has 38 heavy (non-hydrogen) atoms. The van der Waals surface area contributed by atoms with Crippen molar-refractivity contribution in [3.05, 3.63) is 70.0 Å². The zero-order valence-electron chi connectivity index (χ0n) is 20.5. The minimum Gasteiger partial charge on any atom is -0.380 e. The molecule has 3 aliphatic rings. The van der Waals surface area contributed by atoms with Gasteiger partial charge in [-0.3, -0.25) is 19.8 Å². The molecule has 1 saturated carbocycles. The minimum absolute atomic E-state index is 0. The van der Waals surface area contributed by atoms with Gasteiger partial charge in [0.1, 0.15) is 5.84 Å². The second-order valence-electron chi connectivity index (χ2n) is 9.78. The number of aromatic nitrogens is 1. The van der Waals surface area contributed by atoms with Crippen molar-refractivity contribution in [3.63, 3.8) is 0 Å². The summed E-state index contributed by atoms with van der Waals surface area (Å²) < 4.78 is 7.31. The van der Waals surface area contributed by atoms with Gasteiger partial charge in [0.15, 0.2) is 12.2 Å². The maximum atomic E-state index is 13.4. The number of hydrogen-bond acceptors (Lipinski definition) is 6. The van der Waals surface area contributed by atoms with E-state index >= 15 is 0 Å². The maximum absolute atomic E-state index is 13.4. The summed E-state index contributed by atoms with van der Waals surface area (Å²) in [5.74, 6) is -0.443. The van der Waals surface area contributed by atoms with Crippen molar-refractivity contribution in [1.82, 2.24) is 9.88 Å². The summed E-state index contributed by atoms with van der Waals surface area (Å²) in [6.45, 7) is 1.55. The largest absolute Gasteiger partial charge is 0.380 e. The van der Waals surface area contributed by atoms with E-state index in [-0.39, 0.29) is 31.1 Å². The van der Waals surface area contributed by atoms with Crippen molar-refractivity contribution in [2.45, 2.75) is 38.1 Å². The Bertz CT molecular complexity index is 1500. The van der Waals surface area contributed by atoms with Gasteiger partial charge in [-0.05, 0) is 66.1 Å². The number of halogens is 1. The van der Waals surface area contributed by atoms with Gasteiger partial charge in [0.05, 0.1) is 12.1 Å². The normalized spacial score (nSPS) is 19.5. The Hall–Kier alpha value is -3.73. The van der Waals surface area contributed by atoms with Crippen molar-refractivity contribution in [3.8, 4) is 0 Å². The number of rotatable bonds is 6. The number of carbonyl (C=O) groups is 2. The van der Waals surface area contributed by atoms with Crippen LogP contribution in [0.2, 0.25) is 0 Å². The number of benzene rings is 2. The molecule has 3 aromatic rings. The smallest absolute Gasteiger partial charge is 0.259 e. The molecule has 2 fully saturated rings. The monoisotopic (exact) mass is 537 g/mol. The SMILES string of the molecule is Cl.N=C1NCc2cc(NC(=O)[C@H](O)[C@H]3OCCN(c4ccc5ccc(=O)n(CC6CC6)c5c4)C3=O)ccc21. The lowest BCUT2D eigenvalue weighted by molar-refractivity contribution is -0.150. The summed E-state index contributed by atoms with van der Waals surface area (Å²) in [5, 5.41) is 25.1. The van der Waals surface area contributed by atoms with Crippen LogP contribution in [0.25, 0.3) is 10.9 Å². The third kappa shape index (κ3) is 4.78. The molecule has 1 aromatic heterocycles. The fourth-order valence-electron chi connectivity index (χ4n) is 4.97. The number of hydrogen-bond donors (Lipinski definition) is 4. The zero-order valence-corrected chi connectivity index (χ0v) is 21.3. The van der Waals surface area contributed by atoms with Gasteiger partial charge in [-0.25, -0.2) is 0 Å². The lowest BCUT2D eigenvalue weighted by Gasteiger charge is -2.34. The summed E-state index contributed by atoms with van der Waals surface area (Å²) in [7, 11) is 0. The minimum atomic E-state index is -1.71. The molecule has 10 nitrogen and oxygen atoms in total. The summed E-state index contributed by atoms with van der Waals surface area (Å²) in [5.41, 5.74) is 3.35. The molecule has 0 radical (unpaired) electrons. The van der Waals surface area contributed by atoms with Gasteiger partial charge in [-0.2, -0.15) is 0 Å². The van der Waals surface area contributed by atoms with E-state index in [9.17, 15) is 19.5 Å². The molecule has 3 heterocycles. The maximum Gasteiger partial charge on any atom is 0.259 e. The summed E-state index contributed by atoms with van der Waals surface area (Å²) in [4.78, 5) is 40.2. The van der Waals surface area contributed by atoms with Gasteiger partial charge in [0, 0.05) is 42.6 Å². The quantitative estimate of drug-likeness (QED) is 0.379. The lowest BCUT2D eigenvalue weighted by atomic mass is 10.1. The van der Waals surface area contributed by atoms with E-state index in [0.29, 0.717) is 36.2 Å². The second kappa shape index (κ2) is 10.2. The fraction of sp³-hybridized carbons (Fsp3) is 0.333. The first-order valence-electron chi connectivity index (χ1n) is 12.4. The van der Waals surface area contributed by atoms with Crippen molar-refractivity contribution >= 4 is 52.3 Å². The first kappa shape index (κ1) is 25.9. The second-order valence-corrected chi connectivity index (χ2v) is 9.78. The Balaban J connectivity index is 0.00000294. The van der Waals surface area contributed by atoms with Crippen LogP contribution in [0.5, 0.6) is 0 Å². The molecular weight excluding hydrogens is 510 g/mol. The number of aliphatic hydroxyl groups excluding tert-OH is 1. The molecule has 2 atom stereocenters. The van der Waals surface area contributed by atoms with E-state index in [1.165, 1.54) is 4.90 Å². The zero-order chi connectivity index (χ0) is 25.7. The van der Waals surface area contributed by atoms with E-state index in [0.717, 1.165) is 34.9 Å². The van der Waals surface area contributed by atoms with Crippen molar-refractivity contribution < 1.29 is 19.4 Å². The van der Waals surface area contributed by atoms with Gasteiger partial charge in [-0.15, -0.1) is 12.4 Å². The molecule has 0 spiro atoms. The van der Waals surface area contributed by atoms with Crippen LogP contribution in [0.3, 0.4) is 0 Å². The Kier molecular flexibility index (Phi) is 6.95. The van der Waals surface area contributed by atoms with Gasteiger partial charge < -0.3 is 29.9 Å². The topological polar surface area (TPSA) is 137 Å². The van der Waals surface area contributed by atoms with Crippen molar-refractivity contribution in [1.29, 1.82) is 5.41 Å². The highest BCUT2D eigenvalue weighted by Crippen LogP contribution is 2.32. The van der Waals surface area contributed by atoms with Crippen LogP contribution in [0.1, 0.15) is 24.0 Å². The van der Waals surface area contributed by atoms with Gasteiger partial charge in [-0.1, -0.05) is 6.07 Å². The molecule has 6 rings (SSSR count). The molecule has 4 N–H and O–H groups in total. The van der Waals surface area contributed by atoms with Crippen LogP contribution in [0, 0.1) is 11.3 Å². The van der Waals surface area contributed by atoms with E-state index in [1.807, 2.05) is 12.1 Å². The van der Waals surface area contributed by atoms with Crippen molar-refractivity contribution in [2.24, 2.45) is 5.92 Å². The van der Waals surface area contributed by atoms with E-state index in [1.54, 1.807) is 41.0 Å². The average Bonchev–Trinajstić information content (AvgIpc) is 3.65. The van der Waals surface area contributed by atoms with E-state index < -0.39 is 24.0 Å². The molecule has 0 bridgehead atoms. The van der Waals surface area contributed by atoms with E-state index in [4.69, 9.17) is 10.1 Å². The highest BCUT2D eigenvalue weighted by molar-refractivity contribution is 6.05. The Morgan fingerprint density at radius 3 is 2.74 bits per heavy atom. The number of aliphatic hydroxyl groups is 1. The molecule has 1 saturated heterocycles. The first-order chi connectivity index (χ1) is 17.9. The molecule has 11 heteroatoms. The van der Waals surface area contributed by atoms with Crippen LogP contribution >= 0.6 is 12.4 Å². The predicted octanol–water partition coefficient (Wildman–Crippen LogP) is 1.99. The van der Waals surface area contributed by atoms with Crippen molar-refractivity contribution in [2.75, 3.05) is 23.4 Å². The number of anilines is 2. The number of pyridine rings is 1. The number of nitrogens with one attached hydrogen (secondary N) is 3. The molecule has 2 aromatic carbocycles. The number of amidine groups is 1. The number of morpholine rings is 1. The summed E-state index contributed by atoms with van der Waals surface area (Å²) in [6, 6.07) is 14.0. The van der Waals surface area contributed by atoms with Crippen LogP contribution in [0.4, 0.5) is 11.4 Å². The lowest BCUT2D eigenvalue weighted by Crippen LogP contribution is -2.55. The molecule has 2 amide bonds. The van der Waals surface area contributed by atoms with E-state index in [2.05, 4.69) is 10.6 Å². The molecule has 0 unspecified atom stereocenters. The average molecular weight is 538 g/mol. The van der Waals surface area contributed by atoms with Gasteiger partial charge in [0.25, 0.3) is 17.4 Å². The molecular formula is C27H28ClN5O5. The first-order valence-corrected chi connectivity index (χ1v) is 12.4. The van der Waals surface area contributed by atoms with Gasteiger partial charge >= 0.3 is 0 Å². The van der Waals surface area contributed by atoms with Crippen LogP contribution in [-0.2, 0) is 27.4 Å². The fourth-order valence-corrected chi connectivity index (χ4v) is 4.97. The molecule has 1 aliphatic carbocycles. The number of carbonyl (C=O) groups excluding carboxylic acids is 2. The van der Waals surface area contributed by atoms with Gasteiger partial charge in [0.2, 0.25) is 0 Å². The third-order valence-electron chi connectivity index (χ3n) is 7.20. The number of nitrogens with zero attached hydrogens (tertiary/aromatic N) is 2. The summed E-state index contributed by atoms with van der Waals surface area (Å²) >= 11 is 0. The predicted molar refractivity (Wildman–Crippen MR) is 145 cm³/mol. The summed E-state index contributed by atoms with van der Waals surface area (Å²) in [6.07, 6.45) is -0.859. The molecule has 198 valence electrons. The number of ether oxygens (including phenoxy) is 1. The standard InChI is InChI=1S/C27H27N5O5.ClH/c28-25-20-7-5-18(11-17(20)13-29-25)30-26(35)23(34)24-27(36)31(9-10-37-24)19-6-3-16-4-8-22(33)32(21(16)12-19)14-15-1-2-15;/h3-8,11-12,15,23-24,34H,1-2,9-10,13-14H2,(H2,28,29)(H,30,35);1H/t23-,24-;/m1./s1. The highest BCUT2D eigenvalue weighted by atomic mass is 35.5. The Morgan fingerprint density at radius 2 is 1.95 bits per heavy atom.